The van der Waals surface area contributed by atoms with Gasteiger partial charge in [0.2, 0.25) is 5.82 Å². The molecule has 0 aliphatic carbocycles. The quantitative estimate of drug-likeness (QED) is 0.325. The molecule has 0 spiro atoms. The first kappa shape index (κ1) is 23.3. The third kappa shape index (κ3) is 5.12. The normalized spacial score (nSPS) is 11.5. The lowest BCUT2D eigenvalue weighted by Crippen LogP contribution is -2.26. The summed E-state index contributed by atoms with van der Waals surface area (Å²) in [5.41, 5.74) is 4.34. The molecule has 3 aromatic carbocycles. The molecule has 0 unspecified atom stereocenters. The summed E-state index contributed by atoms with van der Waals surface area (Å²) in [4.78, 5) is 12.6. The van der Waals surface area contributed by atoms with Gasteiger partial charge in [-0.1, -0.05) is 42.5 Å². The maximum absolute atomic E-state index is 12.6. The van der Waals surface area contributed by atoms with Crippen molar-refractivity contribution in [3.63, 3.8) is 0 Å². The Kier molecular flexibility index (Phi) is 6.25. The Morgan fingerprint density at radius 3 is 2.47 bits per heavy atom. The fraction of sp³-hybridized carbons (Fsp3) is 0.214. The van der Waals surface area contributed by atoms with Crippen LogP contribution in [0.15, 0.2) is 79.0 Å². The third-order valence-corrected chi connectivity index (χ3v) is 5.69. The van der Waals surface area contributed by atoms with Crippen molar-refractivity contribution in [1.29, 1.82) is 0 Å². The number of tetrazole rings is 1. The van der Waals surface area contributed by atoms with E-state index in [4.69, 9.17) is 9.47 Å². The smallest absolute Gasteiger partial charge is 0.418 e. The summed E-state index contributed by atoms with van der Waals surface area (Å²) in [6, 6.07) is 23.9. The molecule has 5 rings (SSSR count). The Morgan fingerprint density at radius 2 is 1.69 bits per heavy atom. The van der Waals surface area contributed by atoms with Crippen LogP contribution in [0.5, 0.6) is 5.75 Å². The number of carbonyl (C=O) groups excluding carboxylic acids is 1. The average Bonchev–Trinajstić information content (AvgIpc) is 3.54. The van der Waals surface area contributed by atoms with Crippen molar-refractivity contribution >= 4 is 17.0 Å². The Balaban J connectivity index is 1.28. The van der Waals surface area contributed by atoms with Gasteiger partial charge in [-0.3, -0.25) is 4.57 Å². The predicted octanol–water partition coefficient (Wildman–Crippen LogP) is 5.89. The predicted molar refractivity (Wildman–Crippen MR) is 138 cm³/mol. The van der Waals surface area contributed by atoms with E-state index in [0.717, 1.165) is 38.9 Å². The molecule has 0 atom stereocenters. The van der Waals surface area contributed by atoms with E-state index in [-0.39, 0.29) is 6.09 Å². The van der Waals surface area contributed by atoms with Crippen LogP contribution in [0.25, 0.3) is 33.4 Å². The van der Waals surface area contributed by atoms with Crippen molar-refractivity contribution in [1.82, 2.24) is 25.2 Å². The summed E-state index contributed by atoms with van der Waals surface area (Å²) < 4.78 is 13.2. The molecule has 1 N–H and O–H groups in total. The molecule has 0 bridgehead atoms. The number of fused-ring (bicyclic) bond motifs is 1. The SMILES string of the molecule is CC(C)(C)OC(=O)n1ccc2c(CCOc3cccc(-c4cccc(-c5nn[nH]n5)c4)c3)cccc21. The summed E-state index contributed by atoms with van der Waals surface area (Å²) in [5.74, 6) is 1.34. The summed E-state index contributed by atoms with van der Waals surface area (Å²) in [5, 5.41) is 15.2. The van der Waals surface area contributed by atoms with Crippen LogP contribution in [-0.4, -0.2) is 43.5 Å². The highest BCUT2D eigenvalue weighted by atomic mass is 16.6. The Labute approximate surface area is 208 Å². The number of benzene rings is 3. The van der Waals surface area contributed by atoms with Gasteiger partial charge in [0.05, 0.1) is 12.1 Å². The molecule has 0 saturated carbocycles. The lowest BCUT2D eigenvalue weighted by atomic mass is 10.0. The van der Waals surface area contributed by atoms with Crippen LogP contribution in [0.2, 0.25) is 0 Å². The number of aromatic amines is 1. The van der Waals surface area contributed by atoms with Crippen LogP contribution in [0.1, 0.15) is 26.3 Å². The van der Waals surface area contributed by atoms with Gasteiger partial charge >= 0.3 is 6.09 Å². The molecular formula is C28H27N5O3. The van der Waals surface area contributed by atoms with Crippen LogP contribution < -0.4 is 4.74 Å². The van der Waals surface area contributed by atoms with Gasteiger partial charge < -0.3 is 9.47 Å². The van der Waals surface area contributed by atoms with E-state index >= 15 is 0 Å². The zero-order valence-electron chi connectivity index (χ0n) is 20.4. The maximum atomic E-state index is 12.6. The van der Waals surface area contributed by atoms with E-state index in [0.29, 0.717) is 18.9 Å². The van der Waals surface area contributed by atoms with Gasteiger partial charge in [0, 0.05) is 23.6 Å². The van der Waals surface area contributed by atoms with Gasteiger partial charge in [-0.2, -0.15) is 5.21 Å². The van der Waals surface area contributed by atoms with Crippen LogP contribution >= 0.6 is 0 Å². The van der Waals surface area contributed by atoms with Crippen LogP contribution in [-0.2, 0) is 11.2 Å². The number of nitrogens with zero attached hydrogens (tertiary/aromatic N) is 4. The van der Waals surface area contributed by atoms with E-state index in [2.05, 4.69) is 26.7 Å². The number of nitrogens with one attached hydrogen (secondary N) is 1. The Morgan fingerprint density at radius 1 is 0.944 bits per heavy atom. The molecular weight excluding hydrogens is 454 g/mol. The first-order valence-electron chi connectivity index (χ1n) is 11.8. The van der Waals surface area contributed by atoms with Gasteiger partial charge in [0.25, 0.3) is 0 Å². The van der Waals surface area contributed by atoms with Gasteiger partial charge in [-0.15, -0.1) is 10.2 Å². The fourth-order valence-electron chi connectivity index (χ4n) is 4.09. The Hall–Kier alpha value is -4.46. The second-order valence-electron chi connectivity index (χ2n) is 9.46. The highest BCUT2D eigenvalue weighted by Crippen LogP contribution is 2.28. The van der Waals surface area contributed by atoms with Crippen LogP contribution in [0.3, 0.4) is 0 Å². The summed E-state index contributed by atoms with van der Waals surface area (Å²) in [7, 11) is 0. The number of ether oxygens (including phenoxy) is 2. The van der Waals surface area contributed by atoms with Crippen LogP contribution in [0.4, 0.5) is 4.79 Å². The fourth-order valence-corrected chi connectivity index (χ4v) is 4.09. The number of H-pyrrole nitrogens is 1. The van der Waals surface area contributed by atoms with Crippen molar-refractivity contribution in [3.05, 3.63) is 84.6 Å². The van der Waals surface area contributed by atoms with E-state index < -0.39 is 5.60 Å². The van der Waals surface area contributed by atoms with Crippen molar-refractivity contribution < 1.29 is 14.3 Å². The number of carbonyl (C=O) groups is 1. The second kappa shape index (κ2) is 9.65. The molecule has 0 aliphatic heterocycles. The van der Waals surface area contributed by atoms with Crippen molar-refractivity contribution in [2.75, 3.05) is 6.61 Å². The van der Waals surface area contributed by atoms with E-state index in [1.807, 2.05) is 87.5 Å². The highest BCUT2D eigenvalue weighted by molar-refractivity contribution is 5.91. The molecule has 5 aromatic rings. The Bertz CT molecular complexity index is 1500. The first-order chi connectivity index (χ1) is 17.4. The summed E-state index contributed by atoms with van der Waals surface area (Å²) in [6.45, 7) is 6.08. The second-order valence-corrected chi connectivity index (χ2v) is 9.46. The summed E-state index contributed by atoms with van der Waals surface area (Å²) >= 11 is 0. The van der Waals surface area contributed by atoms with Crippen LogP contribution in [0, 0.1) is 0 Å². The van der Waals surface area contributed by atoms with Gasteiger partial charge in [-0.25, -0.2) is 4.79 Å². The standard InChI is InChI=1S/C28H27N5O3/c1-28(2,3)36-27(34)33-15-13-24-19(7-6-12-25(24)33)14-16-35-23-11-5-9-21(18-23)20-8-4-10-22(17-20)26-29-31-32-30-26/h4-13,15,17-18H,14,16H2,1-3H3,(H,29,30,31,32). The monoisotopic (exact) mass is 481 g/mol. The molecule has 2 heterocycles. The van der Waals surface area contributed by atoms with E-state index in [1.165, 1.54) is 0 Å². The average molecular weight is 482 g/mol. The number of rotatable bonds is 6. The molecule has 0 amide bonds. The molecule has 0 radical (unpaired) electrons. The van der Waals surface area contributed by atoms with Gasteiger partial charge in [0.15, 0.2) is 0 Å². The number of hydrogen-bond acceptors (Lipinski definition) is 6. The maximum Gasteiger partial charge on any atom is 0.418 e. The van der Waals surface area contributed by atoms with Crippen molar-refractivity contribution in [2.24, 2.45) is 0 Å². The molecule has 0 fully saturated rings. The van der Waals surface area contributed by atoms with Gasteiger partial charge in [-0.05, 0) is 73.0 Å². The topological polar surface area (TPSA) is 94.9 Å². The minimum absolute atomic E-state index is 0.383. The third-order valence-electron chi connectivity index (χ3n) is 5.69. The molecule has 0 aliphatic rings. The zero-order valence-corrected chi connectivity index (χ0v) is 20.4. The zero-order chi connectivity index (χ0) is 25.1. The van der Waals surface area contributed by atoms with Crippen molar-refractivity contribution in [2.45, 2.75) is 32.8 Å². The molecule has 0 saturated heterocycles. The molecule has 182 valence electrons. The largest absolute Gasteiger partial charge is 0.493 e. The van der Waals surface area contributed by atoms with E-state index in [9.17, 15) is 4.79 Å². The first-order valence-corrected chi connectivity index (χ1v) is 11.8. The molecule has 36 heavy (non-hydrogen) atoms. The highest BCUT2D eigenvalue weighted by Gasteiger charge is 2.19. The lowest BCUT2D eigenvalue weighted by Gasteiger charge is -2.19. The minimum Gasteiger partial charge on any atom is -0.493 e. The van der Waals surface area contributed by atoms with Gasteiger partial charge in [0.1, 0.15) is 11.4 Å². The molecule has 2 aromatic heterocycles. The summed E-state index contributed by atoms with van der Waals surface area (Å²) in [6.07, 6.45) is 2.08. The minimum atomic E-state index is -0.554. The molecule has 8 nitrogen and oxygen atoms in total. The number of aromatic nitrogens is 5. The lowest BCUT2D eigenvalue weighted by molar-refractivity contribution is 0.0544. The number of hydrogen-bond donors (Lipinski definition) is 1. The molecule has 8 heteroatoms. The van der Waals surface area contributed by atoms with Crippen molar-refractivity contribution in [3.8, 4) is 28.3 Å². The van der Waals surface area contributed by atoms with E-state index in [1.54, 1.807) is 10.8 Å².